The van der Waals surface area contributed by atoms with Gasteiger partial charge in [0, 0.05) is 6.20 Å². The number of amides is 1. The van der Waals surface area contributed by atoms with Gasteiger partial charge in [-0.2, -0.15) is 13.9 Å². The second-order valence-electron chi connectivity index (χ2n) is 4.89. The van der Waals surface area contributed by atoms with Gasteiger partial charge < -0.3 is 10.1 Å². The number of benzene rings is 1. The third-order valence-electron chi connectivity index (χ3n) is 3.35. The molecule has 1 amide bonds. The number of carbonyl (C=O) groups is 1. The summed E-state index contributed by atoms with van der Waals surface area (Å²) in [7, 11) is 0. The number of hydrogen-bond donors (Lipinski definition) is 1. The summed E-state index contributed by atoms with van der Waals surface area (Å²) in [5, 5.41) is 6.37. The Morgan fingerprint density at radius 3 is 2.48 bits per heavy atom. The van der Waals surface area contributed by atoms with Gasteiger partial charge in [-0.15, -0.1) is 0 Å². The van der Waals surface area contributed by atoms with Crippen LogP contribution in [0.1, 0.15) is 48.9 Å². The van der Waals surface area contributed by atoms with Crippen molar-refractivity contribution < 1.29 is 18.3 Å². The summed E-state index contributed by atoms with van der Waals surface area (Å²) in [5.41, 5.74) is 0.882. The number of rotatable bonds is 7. The Hall–Kier alpha value is -2.44. The summed E-state index contributed by atoms with van der Waals surface area (Å²) in [4.78, 5) is 12.1. The highest BCUT2D eigenvalue weighted by molar-refractivity contribution is 5.92. The van der Waals surface area contributed by atoms with Crippen LogP contribution in [0, 0.1) is 0 Å². The van der Waals surface area contributed by atoms with E-state index < -0.39 is 12.5 Å². The lowest BCUT2D eigenvalue weighted by molar-refractivity contribution is 0.0559. The van der Waals surface area contributed by atoms with Gasteiger partial charge in [0.15, 0.2) is 0 Å². The third kappa shape index (κ3) is 4.28. The van der Waals surface area contributed by atoms with Crippen molar-refractivity contribution in [2.75, 3.05) is 6.61 Å². The highest BCUT2D eigenvalue weighted by Crippen LogP contribution is 2.21. The van der Waals surface area contributed by atoms with E-state index in [2.05, 4.69) is 10.4 Å². The number of alkyl halides is 2. The Labute approximate surface area is 133 Å². The van der Waals surface area contributed by atoms with Crippen LogP contribution in [-0.4, -0.2) is 22.3 Å². The molecule has 5 nitrogen and oxygen atoms in total. The number of nitrogens with zero attached hydrogens (tertiary/aromatic N) is 2. The maximum atomic E-state index is 12.5. The van der Waals surface area contributed by atoms with Gasteiger partial charge >= 0.3 is 6.55 Å². The van der Waals surface area contributed by atoms with Crippen LogP contribution in [0.15, 0.2) is 36.5 Å². The van der Waals surface area contributed by atoms with E-state index in [1.54, 1.807) is 0 Å². The smallest absolute Gasteiger partial charge is 0.333 e. The van der Waals surface area contributed by atoms with E-state index >= 15 is 0 Å². The largest absolute Gasteiger partial charge is 0.494 e. The minimum Gasteiger partial charge on any atom is -0.494 e. The van der Waals surface area contributed by atoms with Crippen molar-refractivity contribution in [3.8, 4) is 5.75 Å². The Bertz CT molecular complexity index is 641. The second kappa shape index (κ2) is 7.71. The molecule has 1 atom stereocenters. The first-order valence-electron chi connectivity index (χ1n) is 7.42. The van der Waals surface area contributed by atoms with Crippen molar-refractivity contribution in [3.05, 3.63) is 47.8 Å². The molecule has 1 N–H and O–H groups in total. The highest BCUT2D eigenvalue weighted by atomic mass is 19.3. The van der Waals surface area contributed by atoms with Crippen molar-refractivity contribution in [1.82, 2.24) is 15.1 Å². The van der Waals surface area contributed by atoms with E-state index in [-0.39, 0.29) is 11.7 Å². The fourth-order valence-corrected chi connectivity index (χ4v) is 2.18. The van der Waals surface area contributed by atoms with Crippen molar-refractivity contribution in [1.29, 1.82) is 0 Å². The van der Waals surface area contributed by atoms with E-state index in [0.717, 1.165) is 17.5 Å². The van der Waals surface area contributed by atoms with E-state index in [9.17, 15) is 13.6 Å². The molecule has 0 bridgehead atoms. The van der Waals surface area contributed by atoms with Gasteiger partial charge in [0.2, 0.25) is 0 Å². The quantitative estimate of drug-likeness (QED) is 0.847. The molecule has 0 radical (unpaired) electrons. The number of ether oxygens (including phenoxy) is 1. The normalized spacial score (nSPS) is 12.2. The van der Waals surface area contributed by atoms with Gasteiger partial charge in [-0.05, 0) is 37.1 Å². The molecule has 1 aromatic carbocycles. The highest BCUT2D eigenvalue weighted by Gasteiger charge is 2.17. The predicted octanol–water partition coefficient (Wildman–Crippen LogP) is 3.56. The summed E-state index contributed by atoms with van der Waals surface area (Å²) in [5.74, 6) is 0.276. The fraction of sp³-hybridized carbons (Fsp3) is 0.375. The molecule has 23 heavy (non-hydrogen) atoms. The van der Waals surface area contributed by atoms with Crippen LogP contribution < -0.4 is 10.1 Å². The van der Waals surface area contributed by atoms with Gasteiger partial charge in [0.05, 0.1) is 12.6 Å². The Kier molecular flexibility index (Phi) is 5.67. The SMILES string of the molecule is CCOc1ccc(C(CC)NC(=O)c2ccn(C(F)F)n2)cc1. The summed E-state index contributed by atoms with van der Waals surface area (Å²) in [6, 6.07) is 8.45. The summed E-state index contributed by atoms with van der Waals surface area (Å²) >= 11 is 0. The fourth-order valence-electron chi connectivity index (χ4n) is 2.18. The van der Waals surface area contributed by atoms with Gasteiger partial charge in [0.25, 0.3) is 5.91 Å². The monoisotopic (exact) mass is 323 g/mol. The van der Waals surface area contributed by atoms with Gasteiger partial charge in [-0.25, -0.2) is 4.68 Å². The zero-order valence-corrected chi connectivity index (χ0v) is 13.0. The van der Waals surface area contributed by atoms with Crippen molar-refractivity contribution in [2.24, 2.45) is 0 Å². The second-order valence-corrected chi connectivity index (χ2v) is 4.89. The maximum Gasteiger partial charge on any atom is 0.333 e. The van der Waals surface area contributed by atoms with Gasteiger partial charge in [-0.3, -0.25) is 4.79 Å². The summed E-state index contributed by atoms with van der Waals surface area (Å²) in [6.45, 7) is 1.66. The van der Waals surface area contributed by atoms with Crippen LogP contribution in [0.25, 0.3) is 0 Å². The zero-order valence-electron chi connectivity index (χ0n) is 13.0. The average Bonchev–Trinajstić information content (AvgIpc) is 3.04. The van der Waals surface area contributed by atoms with E-state index in [1.165, 1.54) is 6.07 Å². The molecule has 2 rings (SSSR count). The van der Waals surface area contributed by atoms with Crippen LogP contribution in [0.5, 0.6) is 5.75 Å². The number of hydrogen-bond acceptors (Lipinski definition) is 3. The van der Waals surface area contributed by atoms with Crippen LogP contribution in [0.2, 0.25) is 0 Å². The number of carbonyl (C=O) groups excluding carboxylic acids is 1. The van der Waals surface area contributed by atoms with Crippen molar-refractivity contribution in [2.45, 2.75) is 32.9 Å². The maximum absolute atomic E-state index is 12.5. The third-order valence-corrected chi connectivity index (χ3v) is 3.35. The van der Waals surface area contributed by atoms with Crippen LogP contribution in [0.3, 0.4) is 0 Å². The Morgan fingerprint density at radius 2 is 1.96 bits per heavy atom. The number of nitrogens with one attached hydrogen (secondary N) is 1. The molecule has 0 aliphatic heterocycles. The lowest BCUT2D eigenvalue weighted by Gasteiger charge is -2.17. The standard InChI is InChI=1S/C16H19F2N3O2/c1-3-13(11-5-7-12(8-6-11)23-4-2)19-15(22)14-9-10-21(20-14)16(17)18/h5-10,13,16H,3-4H2,1-2H3,(H,19,22). The van der Waals surface area contributed by atoms with E-state index in [0.29, 0.717) is 17.7 Å². The van der Waals surface area contributed by atoms with Crippen LogP contribution in [0.4, 0.5) is 8.78 Å². The molecule has 1 heterocycles. The number of aromatic nitrogens is 2. The predicted molar refractivity (Wildman–Crippen MR) is 81.6 cm³/mol. The Balaban J connectivity index is 2.06. The Morgan fingerprint density at radius 1 is 1.26 bits per heavy atom. The van der Waals surface area contributed by atoms with Gasteiger partial charge in [0.1, 0.15) is 11.4 Å². The van der Waals surface area contributed by atoms with E-state index in [4.69, 9.17) is 4.74 Å². The molecule has 7 heteroatoms. The van der Waals surface area contributed by atoms with Gasteiger partial charge in [-0.1, -0.05) is 19.1 Å². The molecule has 1 unspecified atom stereocenters. The van der Waals surface area contributed by atoms with Crippen LogP contribution in [-0.2, 0) is 0 Å². The minimum absolute atomic E-state index is 0.0327. The first-order chi connectivity index (χ1) is 11.0. The lowest BCUT2D eigenvalue weighted by atomic mass is 10.0. The lowest BCUT2D eigenvalue weighted by Crippen LogP contribution is -2.28. The van der Waals surface area contributed by atoms with E-state index in [1.807, 2.05) is 38.1 Å². The molecule has 0 aliphatic carbocycles. The molecule has 0 aliphatic rings. The topological polar surface area (TPSA) is 56.1 Å². The minimum atomic E-state index is -2.76. The zero-order chi connectivity index (χ0) is 16.8. The van der Waals surface area contributed by atoms with Crippen molar-refractivity contribution >= 4 is 5.91 Å². The molecular weight excluding hydrogens is 304 g/mol. The summed E-state index contributed by atoms with van der Waals surface area (Å²) < 4.78 is 30.8. The average molecular weight is 323 g/mol. The molecule has 0 saturated heterocycles. The number of halogens is 2. The van der Waals surface area contributed by atoms with Crippen LogP contribution >= 0.6 is 0 Å². The molecule has 0 saturated carbocycles. The summed E-state index contributed by atoms with van der Waals surface area (Å²) in [6.07, 6.45) is 1.74. The molecule has 0 spiro atoms. The molecular formula is C16H19F2N3O2. The first kappa shape index (κ1) is 16.9. The molecule has 2 aromatic rings. The first-order valence-corrected chi connectivity index (χ1v) is 7.42. The molecule has 1 aromatic heterocycles. The molecule has 124 valence electrons. The molecule has 0 fully saturated rings. The van der Waals surface area contributed by atoms with Crippen molar-refractivity contribution in [3.63, 3.8) is 0 Å².